The molecule has 5 nitrogen and oxygen atoms in total. The van der Waals surface area contributed by atoms with E-state index in [4.69, 9.17) is 0 Å². The van der Waals surface area contributed by atoms with Crippen molar-refractivity contribution in [2.24, 2.45) is 0 Å². The van der Waals surface area contributed by atoms with E-state index >= 15 is 0 Å². The van der Waals surface area contributed by atoms with Crippen molar-refractivity contribution in [1.82, 2.24) is 20.1 Å². The summed E-state index contributed by atoms with van der Waals surface area (Å²) in [4.78, 5) is 4.44. The lowest BCUT2D eigenvalue weighted by Gasteiger charge is -2.22. The van der Waals surface area contributed by atoms with Crippen molar-refractivity contribution < 1.29 is 0 Å². The monoisotopic (exact) mass is 235 g/mol. The SMILES string of the molecule is CCNC(C)(C#N)Cn1nc(CC)nc1CC. The largest absolute Gasteiger partial charge is 0.298 e. The average molecular weight is 235 g/mol. The Balaban J connectivity index is 2.93. The van der Waals surface area contributed by atoms with Crippen LogP contribution >= 0.6 is 0 Å². The number of likely N-dealkylation sites (N-methyl/N-ethyl adjacent to an activating group) is 1. The first-order valence-electron chi connectivity index (χ1n) is 6.17. The molecule has 1 atom stereocenters. The van der Waals surface area contributed by atoms with Gasteiger partial charge in [-0.05, 0) is 13.5 Å². The van der Waals surface area contributed by atoms with Gasteiger partial charge in [0.05, 0.1) is 12.6 Å². The Hall–Kier alpha value is -1.41. The summed E-state index contributed by atoms with van der Waals surface area (Å²) in [6.07, 6.45) is 1.66. The van der Waals surface area contributed by atoms with Crippen LogP contribution in [0.2, 0.25) is 0 Å². The number of aromatic nitrogens is 3. The van der Waals surface area contributed by atoms with E-state index in [1.54, 1.807) is 0 Å². The van der Waals surface area contributed by atoms with E-state index in [9.17, 15) is 5.26 Å². The van der Waals surface area contributed by atoms with Crippen LogP contribution in [-0.2, 0) is 19.4 Å². The highest BCUT2D eigenvalue weighted by Gasteiger charge is 2.25. The van der Waals surface area contributed by atoms with Crippen molar-refractivity contribution in [2.45, 2.75) is 52.6 Å². The van der Waals surface area contributed by atoms with Crippen molar-refractivity contribution in [3.05, 3.63) is 11.6 Å². The lowest BCUT2D eigenvalue weighted by atomic mass is 10.1. The van der Waals surface area contributed by atoms with Crippen LogP contribution < -0.4 is 5.32 Å². The summed E-state index contributed by atoms with van der Waals surface area (Å²) in [5.41, 5.74) is -0.586. The van der Waals surface area contributed by atoms with Gasteiger partial charge in [-0.3, -0.25) is 5.32 Å². The number of nitrogens with one attached hydrogen (secondary N) is 1. The minimum absolute atomic E-state index is 0.535. The summed E-state index contributed by atoms with van der Waals surface area (Å²) in [7, 11) is 0. The Morgan fingerprint density at radius 1 is 1.35 bits per heavy atom. The fourth-order valence-corrected chi connectivity index (χ4v) is 1.78. The highest BCUT2D eigenvalue weighted by atomic mass is 15.4. The average Bonchev–Trinajstić information content (AvgIpc) is 2.71. The molecule has 1 unspecified atom stereocenters. The minimum atomic E-state index is -0.586. The molecule has 0 bridgehead atoms. The zero-order valence-corrected chi connectivity index (χ0v) is 11.1. The second-order valence-corrected chi connectivity index (χ2v) is 4.28. The highest BCUT2D eigenvalue weighted by Crippen LogP contribution is 2.09. The van der Waals surface area contributed by atoms with Gasteiger partial charge in [0.15, 0.2) is 5.82 Å². The van der Waals surface area contributed by atoms with Gasteiger partial charge < -0.3 is 0 Å². The van der Waals surface area contributed by atoms with E-state index in [2.05, 4.69) is 28.4 Å². The van der Waals surface area contributed by atoms with Crippen LogP contribution in [0.5, 0.6) is 0 Å². The van der Waals surface area contributed by atoms with Crippen molar-refractivity contribution >= 4 is 0 Å². The smallest absolute Gasteiger partial charge is 0.150 e. The highest BCUT2D eigenvalue weighted by molar-refractivity contribution is 5.05. The molecule has 94 valence electrons. The second kappa shape index (κ2) is 5.78. The maximum atomic E-state index is 9.23. The molecule has 0 fully saturated rings. The zero-order chi connectivity index (χ0) is 12.9. The Kier molecular flexibility index (Phi) is 4.64. The minimum Gasteiger partial charge on any atom is -0.298 e. The Morgan fingerprint density at radius 2 is 2.06 bits per heavy atom. The van der Waals surface area contributed by atoms with E-state index in [1.807, 2.05) is 25.5 Å². The molecule has 5 heteroatoms. The van der Waals surface area contributed by atoms with Crippen LogP contribution in [0.3, 0.4) is 0 Å². The van der Waals surface area contributed by atoms with Crippen LogP contribution in [0.15, 0.2) is 0 Å². The molecule has 0 aromatic carbocycles. The van der Waals surface area contributed by atoms with Crippen molar-refractivity contribution in [3.63, 3.8) is 0 Å². The predicted octanol–water partition coefficient (Wildman–Crippen LogP) is 1.29. The first-order valence-corrected chi connectivity index (χ1v) is 6.17. The first-order chi connectivity index (χ1) is 8.08. The van der Waals surface area contributed by atoms with E-state index in [1.165, 1.54) is 0 Å². The summed E-state index contributed by atoms with van der Waals surface area (Å²) < 4.78 is 1.85. The van der Waals surface area contributed by atoms with Gasteiger partial charge in [0.2, 0.25) is 0 Å². The number of hydrogen-bond acceptors (Lipinski definition) is 4. The molecule has 0 aliphatic heterocycles. The Labute approximate surface area is 103 Å². The lowest BCUT2D eigenvalue weighted by Crippen LogP contribution is -2.45. The normalized spacial score (nSPS) is 14.3. The Bertz CT molecular complexity index is 404. The third-order valence-electron chi connectivity index (χ3n) is 2.70. The van der Waals surface area contributed by atoms with Crippen LogP contribution in [0.1, 0.15) is 39.3 Å². The first kappa shape index (κ1) is 13.7. The predicted molar refractivity (Wildman–Crippen MR) is 66.5 cm³/mol. The van der Waals surface area contributed by atoms with Gasteiger partial charge in [0, 0.05) is 12.8 Å². The van der Waals surface area contributed by atoms with Gasteiger partial charge in [-0.1, -0.05) is 20.8 Å². The van der Waals surface area contributed by atoms with Gasteiger partial charge in [0.1, 0.15) is 11.4 Å². The van der Waals surface area contributed by atoms with Crippen LogP contribution in [0, 0.1) is 11.3 Å². The van der Waals surface area contributed by atoms with Gasteiger partial charge >= 0.3 is 0 Å². The third-order valence-corrected chi connectivity index (χ3v) is 2.70. The molecule has 0 aliphatic rings. The molecule has 17 heavy (non-hydrogen) atoms. The summed E-state index contributed by atoms with van der Waals surface area (Å²) in [6.45, 7) is 9.27. The molecule has 0 amide bonds. The lowest BCUT2D eigenvalue weighted by molar-refractivity contribution is 0.370. The van der Waals surface area contributed by atoms with Crippen molar-refractivity contribution in [1.29, 1.82) is 5.26 Å². The van der Waals surface area contributed by atoms with Gasteiger partial charge in [0.25, 0.3) is 0 Å². The number of nitriles is 1. The van der Waals surface area contributed by atoms with Crippen molar-refractivity contribution in [2.75, 3.05) is 6.54 Å². The van der Waals surface area contributed by atoms with Crippen molar-refractivity contribution in [3.8, 4) is 6.07 Å². The third kappa shape index (κ3) is 3.27. The molecule has 0 aliphatic carbocycles. The second-order valence-electron chi connectivity index (χ2n) is 4.28. The molecule has 0 saturated heterocycles. The number of nitrogens with zero attached hydrogens (tertiary/aromatic N) is 4. The number of aryl methyl sites for hydroxylation is 2. The molecule has 0 spiro atoms. The van der Waals surface area contributed by atoms with E-state index in [-0.39, 0.29) is 0 Å². The summed E-state index contributed by atoms with van der Waals surface area (Å²) in [5, 5.41) is 16.8. The quantitative estimate of drug-likeness (QED) is 0.807. The number of hydrogen-bond donors (Lipinski definition) is 1. The molecule has 0 saturated carbocycles. The summed E-state index contributed by atoms with van der Waals surface area (Å²) in [6, 6.07) is 2.31. The van der Waals surface area contributed by atoms with Crippen LogP contribution in [0.25, 0.3) is 0 Å². The summed E-state index contributed by atoms with van der Waals surface area (Å²) in [5.74, 6) is 1.79. The molecule has 1 aromatic rings. The molecule has 1 N–H and O–H groups in total. The van der Waals surface area contributed by atoms with E-state index in [0.717, 1.165) is 31.0 Å². The molecule has 0 radical (unpaired) electrons. The molecule has 1 aromatic heterocycles. The van der Waals surface area contributed by atoms with Gasteiger partial charge in [-0.25, -0.2) is 9.67 Å². The maximum Gasteiger partial charge on any atom is 0.150 e. The van der Waals surface area contributed by atoms with E-state index in [0.29, 0.717) is 6.54 Å². The molecule has 1 heterocycles. The number of rotatable bonds is 6. The van der Waals surface area contributed by atoms with Gasteiger partial charge in [-0.2, -0.15) is 10.4 Å². The fraction of sp³-hybridized carbons (Fsp3) is 0.750. The van der Waals surface area contributed by atoms with Gasteiger partial charge in [-0.15, -0.1) is 0 Å². The fourth-order valence-electron chi connectivity index (χ4n) is 1.78. The molecular weight excluding hydrogens is 214 g/mol. The zero-order valence-electron chi connectivity index (χ0n) is 11.1. The Morgan fingerprint density at radius 3 is 2.53 bits per heavy atom. The molecular formula is C12H21N5. The maximum absolute atomic E-state index is 9.23. The topological polar surface area (TPSA) is 66.5 Å². The standard InChI is InChI=1S/C12H21N5/c1-5-10-15-11(6-2)17(16-10)9-12(4,8-13)14-7-3/h14H,5-7,9H2,1-4H3. The molecule has 1 rings (SSSR count). The van der Waals surface area contributed by atoms with E-state index < -0.39 is 5.54 Å². The van der Waals surface area contributed by atoms with Crippen LogP contribution in [0.4, 0.5) is 0 Å². The van der Waals surface area contributed by atoms with Crippen LogP contribution in [-0.4, -0.2) is 26.8 Å². The summed E-state index contributed by atoms with van der Waals surface area (Å²) >= 11 is 0.